The highest BCUT2D eigenvalue weighted by atomic mass is 35.5. The molecule has 3 N–H and O–H groups in total. The minimum Gasteiger partial charge on any atom is -0.491 e. The molecule has 0 aliphatic carbocycles. The first-order valence-electron chi connectivity index (χ1n) is 11.7. The Balaban J connectivity index is 1.94. The molecule has 2 unspecified atom stereocenters. The summed E-state index contributed by atoms with van der Waals surface area (Å²) in [5, 5.41) is 8.83. The highest BCUT2D eigenvalue weighted by Crippen LogP contribution is 2.18. The topological polar surface area (TPSA) is 88.7 Å². The number of hydrogen-bond donors (Lipinski definition) is 3. The van der Waals surface area contributed by atoms with E-state index in [2.05, 4.69) is 22.9 Å². The zero-order chi connectivity index (χ0) is 24.3. The largest absolute Gasteiger partial charge is 0.491 e. The number of aryl methyl sites for hydroxylation is 1. The summed E-state index contributed by atoms with van der Waals surface area (Å²) in [4.78, 5) is 23.2. The highest BCUT2D eigenvalue weighted by molar-refractivity contribution is 7.99. The van der Waals surface area contributed by atoms with Gasteiger partial charge in [0.05, 0.1) is 13.2 Å². The molecule has 1 aromatic rings. The van der Waals surface area contributed by atoms with Gasteiger partial charge in [0, 0.05) is 42.9 Å². The lowest BCUT2D eigenvalue weighted by Gasteiger charge is -2.16. The lowest BCUT2D eigenvalue weighted by molar-refractivity contribution is -0.121. The van der Waals surface area contributed by atoms with Crippen molar-refractivity contribution in [2.24, 2.45) is 0 Å². The van der Waals surface area contributed by atoms with Crippen molar-refractivity contribution in [3.8, 4) is 5.75 Å². The van der Waals surface area contributed by atoms with Gasteiger partial charge < -0.3 is 25.4 Å². The van der Waals surface area contributed by atoms with Crippen LogP contribution in [-0.4, -0.2) is 68.3 Å². The van der Waals surface area contributed by atoms with Crippen molar-refractivity contribution in [2.45, 2.75) is 57.2 Å². The fraction of sp³-hybridized carbons (Fsp3) is 0.667. The van der Waals surface area contributed by atoms with E-state index in [9.17, 15) is 9.59 Å². The number of carbonyl (C=O) groups is 2. The van der Waals surface area contributed by atoms with Crippen LogP contribution in [0.5, 0.6) is 5.75 Å². The maximum Gasteiger partial charge on any atom is 0.314 e. The summed E-state index contributed by atoms with van der Waals surface area (Å²) in [6, 6.07) is 7.89. The molecule has 2 atom stereocenters. The number of unbranched alkanes of at least 4 members (excludes halogenated alkanes) is 1. The van der Waals surface area contributed by atoms with Gasteiger partial charge >= 0.3 is 6.03 Å². The molecule has 0 saturated heterocycles. The van der Waals surface area contributed by atoms with E-state index < -0.39 is 0 Å². The molecule has 0 radical (unpaired) electrons. The van der Waals surface area contributed by atoms with Crippen LogP contribution in [0.1, 0.15) is 45.1 Å². The van der Waals surface area contributed by atoms with E-state index in [1.54, 1.807) is 7.05 Å². The third kappa shape index (κ3) is 15.8. The van der Waals surface area contributed by atoms with Crippen LogP contribution in [0.3, 0.4) is 0 Å². The smallest absolute Gasteiger partial charge is 0.314 e. The molecule has 0 heterocycles. The Bertz CT molecular complexity index is 664. The van der Waals surface area contributed by atoms with Gasteiger partial charge in [0.15, 0.2) is 0 Å². The molecule has 1 aromatic carbocycles. The lowest BCUT2D eigenvalue weighted by atomic mass is 10.1. The molecule has 0 bridgehead atoms. The third-order valence-corrected chi connectivity index (χ3v) is 6.56. The number of rotatable bonds is 18. The van der Waals surface area contributed by atoms with Gasteiger partial charge in [0.2, 0.25) is 5.91 Å². The van der Waals surface area contributed by atoms with Crippen molar-refractivity contribution in [1.82, 2.24) is 16.0 Å². The SMILES string of the molecule is CNC(=O)NC(C)CSC(C)CCCCC(=O)NCCOCCOc1ccc(CCCl)cc1. The van der Waals surface area contributed by atoms with Crippen molar-refractivity contribution in [2.75, 3.05) is 45.0 Å². The standard InChI is InChI=1S/C24H40ClN3O4S/c1-19(28-24(30)26-3)18-33-20(2)6-4-5-7-23(29)27-14-15-31-16-17-32-22-10-8-21(9-11-22)12-13-25/h8-11,19-20H,4-7,12-18H2,1-3H3,(H,27,29)(H2,26,28,30). The maximum atomic E-state index is 11.9. The number of alkyl halides is 1. The van der Waals surface area contributed by atoms with Crippen molar-refractivity contribution in [1.29, 1.82) is 0 Å². The molecule has 188 valence electrons. The van der Waals surface area contributed by atoms with E-state index in [1.165, 1.54) is 5.56 Å². The molecule has 9 heteroatoms. The zero-order valence-electron chi connectivity index (χ0n) is 20.2. The maximum absolute atomic E-state index is 11.9. The summed E-state index contributed by atoms with van der Waals surface area (Å²) in [6.45, 7) is 6.12. The van der Waals surface area contributed by atoms with Crippen molar-refractivity contribution >= 4 is 35.3 Å². The number of urea groups is 1. The Morgan fingerprint density at radius 1 is 1.09 bits per heavy atom. The number of carbonyl (C=O) groups excluding carboxylic acids is 2. The zero-order valence-corrected chi connectivity index (χ0v) is 21.7. The summed E-state index contributed by atoms with van der Waals surface area (Å²) in [7, 11) is 1.61. The monoisotopic (exact) mass is 501 g/mol. The number of nitrogens with one attached hydrogen (secondary N) is 3. The molecule has 0 spiro atoms. The highest BCUT2D eigenvalue weighted by Gasteiger charge is 2.09. The first kappa shape index (κ1) is 29.4. The van der Waals surface area contributed by atoms with Crippen LogP contribution in [0.25, 0.3) is 0 Å². The fourth-order valence-corrected chi connectivity index (χ4v) is 4.23. The van der Waals surface area contributed by atoms with E-state index in [4.69, 9.17) is 21.1 Å². The number of halogens is 1. The molecular formula is C24H40ClN3O4S. The molecule has 0 fully saturated rings. The Morgan fingerprint density at radius 2 is 1.85 bits per heavy atom. The van der Waals surface area contributed by atoms with Gasteiger partial charge in [0.25, 0.3) is 0 Å². The summed E-state index contributed by atoms with van der Waals surface area (Å²) < 4.78 is 11.1. The normalized spacial score (nSPS) is 12.6. The molecule has 7 nitrogen and oxygen atoms in total. The second kappa shape index (κ2) is 18.7. The molecule has 0 aromatic heterocycles. The summed E-state index contributed by atoms with van der Waals surface area (Å²) >= 11 is 7.58. The van der Waals surface area contributed by atoms with Crippen LogP contribution in [-0.2, 0) is 16.0 Å². The fourth-order valence-electron chi connectivity index (χ4n) is 2.98. The minimum atomic E-state index is -0.148. The van der Waals surface area contributed by atoms with Gasteiger partial charge in [-0.1, -0.05) is 25.5 Å². The molecular weight excluding hydrogens is 462 g/mol. The van der Waals surface area contributed by atoms with Crippen LogP contribution >= 0.6 is 23.4 Å². The van der Waals surface area contributed by atoms with Gasteiger partial charge in [-0.15, -0.1) is 11.6 Å². The van der Waals surface area contributed by atoms with E-state index in [0.29, 0.717) is 43.9 Å². The number of amides is 3. The molecule has 33 heavy (non-hydrogen) atoms. The number of benzene rings is 1. The van der Waals surface area contributed by atoms with Gasteiger partial charge in [0.1, 0.15) is 12.4 Å². The second-order valence-corrected chi connectivity index (χ2v) is 9.76. The van der Waals surface area contributed by atoms with Crippen LogP contribution in [0.15, 0.2) is 24.3 Å². The Labute approximate surface area is 208 Å². The average Bonchev–Trinajstić information content (AvgIpc) is 2.81. The molecule has 3 amide bonds. The quantitative estimate of drug-likeness (QED) is 0.209. The Kier molecular flexibility index (Phi) is 16.7. The van der Waals surface area contributed by atoms with E-state index in [0.717, 1.165) is 37.2 Å². The Hall–Kier alpha value is -1.64. The summed E-state index contributed by atoms with van der Waals surface area (Å²) in [5.74, 6) is 2.37. The Morgan fingerprint density at radius 3 is 2.55 bits per heavy atom. The first-order valence-corrected chi connectivity index (χ1v) is 13.2. The van der Waals surface area contributed by atoms with Crippen molar-refractivity contribution in [3.63, 3.8) is 0 Å². The number of thioether (sulfide) groups is 1. The number of ether oxygens (including phenoxy) is 2. The molecule has 1 rings (SSSR count). The van der Waals surface area contributed by atoms with Gasteiger partial charge in [-0.2, -0.15) is 11.8 Å². The van der Waals surface area contributed by atoms with Crippen LogP contribution in [0.4, 0.5) is 4.79 Å². The van der Waals surface area contributed by atoms with Gasteiger partial charge in [-0.05, 0) is 43.9 Å². The van der Waals surface area contributed by atoms with Crippen LogP contribution in [0.2, 0.25) is 0 Å². The predicted octanol–water partition coefficient (Wildman–Crippen LogP) is 3.98. The minimum absolute atomic E-state index is 0.0654. The molecule has 0 aliphatic rings. The van der Waals surface area contributed by atoms with E-state index >= 15 is 0 Å². The first-order chi connectivity index (χ1) is 15.9. The summed E-state index contributed by atoms with van der Waals surface area (Å²) in [5.41, 5.74) is 1.19. The van der Waals surface area contributed by atoms with E-state index in [-0.39, 0.29) is 18.0 Å². The van der Waals surface area contributed by atoms with Gasteiger partial charge in [-0.3, -0.25) is 4.79 Å². The van der Waals surface area contributed by atoms with Crippen molar-refractivity contribution in [3.05, 3.63) is 29.8 Å². The van der Waals surface area contributed by atoms with Crippen LogP contribution < -0.4 is 20.7 Å². The number of hydrogen-bond acceptors (Lipinski definition) is 5. The van der Waals surface area contributed by atoms with E-state index in [1.807, 2.05) is 43.0 Å². The second-order valence-electron chi connectivity index (χ2n) is 7.91. The summed E-state index contributed by atoms with van der Waals surface area (Å²) in [6.07, 6.45) is 4.34. The molecule has 0 saturated carbocycles. The lowest BCUT2D eigenvalue weighted by Crippen LogP contribution is -2.40. The predicted molar refractivity (Wildman–Crippen MR) is 138 cm³/mol. The average molecular weight is 502 g/mol. The third-order valence-electron chi connectivity index (χ3n) is 4.87. The van der Waals surface area contributed by atoms with Crippen LogP contribution in [0, 0.1) is 0 Å². The van der Waals surface area contributed by atoms with Crippen molar-refractivity contribution < 1.29 is 19.1 Å². The van der Waals surface area contributed by atoms with Gasteiger partial charge in [-0.25, -0.2) is 4.79 Å². The molecule has 0 aliphatic heterocycles.